The Kier molecular flexibility index (Phi) is 2.92. The van der Waals surface area contributed by atoms with Gasteiger partial charge in [-0.2, -0.15) is 0 Å². The van der Waals surface area contributed by atoms with Crippen molar-refractivity contribution in [1.82, 2.24) is 5.32 Å². The largest absolute Gasteiger partial charge is 0.323 e. The summed E-state index contributed by atoms with van der Waals surface area (Å²) in [5, 5.41) is -1.32. The molecule has 90 valence electrons. The van der Waals surface area contributed by atoms with E-state index < -0.39 is 36.3 Å². The maximum absolute atomic E-state index is 13.4. The summed E-state index contributed by atoms with van der Waals surface area (Å²) in [5.41, 5.74) is 0. The van der Waals surface area contributed by atoms with Gasteiger partial charge in [-0.3, -0.25) is 9.59 Å². The van der Waals surface area contributed by atoms with Gasteiger partial charge in [0.2, 0.25) is 20.3 Å². The second-order valence-corrected chi connectivity index (χ2v) is 6.19. The van der Waals surface area contributed by atoms with Crippen molar-refractivity contribution in [2.45, 2.75) is 10.3 Å². The zero-order valence-corrected chi connectivity index (χ0v) is 9.85. The number of benzene rings is 1. The predicted molar refractivity (Wildman–Crippen MR) is 58.5 cm³/mol. The average Bonchev–Trinajstić information content (AvgIpc) is 2.59. The van der Waals surface area contributed by atoms with Crippen LogP contribution in [0.2, 0.25) is 0 Å². The Bertz CT molecular complexity index is 599. The molecule has 1 amide bonds. The standard InChI is InChI=1S/C9H6FNO4S2/c10-5-3-1-2-4-6(5)17(14,15)7-8(12)16-9(13)11-7/h1-4,7H,(H,11,13). The van der Waals surface area contributed by atoms with Crippen LogP contribution in [0.1, 0.15) is 0 Å². The Morgan fingerprint density at radius 3 is 2.41 bits per heavy atom. The van der Waals surface area contributed by atoms with E-state index in [1.165, 1.54) is 12.1 Å². The molecule has 2 rings (SSSR count). The van der Waals surface area contributed by atoms with Crippen molar-refractivity contribution in [3.8, 4) is 0 Å². The van der Waals surface area contributed by atoms with Gasteiger partial charge < -0.3 is 5.32 Å². The molecule has 1 saturated heterocycles. The van der Waals surface area contributed by atoms with Crippen LogP contribution in [-0.2, 0) is 14.6 Å². The second kappa shape index (κ2) is 4.11. The summed E-state index contributed by atoms with van der Waals surface area (Å²) in [7, 11) is -4.23. The summed E-state index contributed by atoms with van der Waals surface area (Å²) in [6.45, 7) is 0. The Morgan fingerprint density at radius 2 is 1.88 bits per heavy atom. The fraction of sp³-hybridized carbons (Fsp3) is 0.111. The average molecular weight is 275 g/mol. The van der Waals surface area contributed by atoms with Gasteiger partial charge in [0.15, 0.2) is 0 Å². The molecule has 0 aliphatic carbocycles. The van der Waals surface area contributed by atoms with E-state index in [1.807, 2.05) is 5.32 Å². The molecule has 17 heavy (non-hydrogen) atoms. The van der Waals surface area contributed by atoms with E-state index in [9.17, 15) is 22.4 Å². The number of thioether (sulfide) groups is 1. The predicted octanol–water partition coefficient (Wildman–Crippen LogP) is 0.909. The fourth-order valence-electron chi connectivity index (χ4n) is 1.35. The first kappa shape index (κ1) is 12.1. The summed E-state index contributed by atoms with van der Waals surface area (Å²) in [5.74, 6) is -0.952. The lowest BCUT2D eigenvalue weighted by molar-refractivity contribution is -0.110. The lowest BCUT2D eigenvalue weighted by atomic mass is 10.3. The molecule has 1 N–H and O–H groups in total. The molecule has 1 aromatic carbocycles. The van der Waals surface area contributed by atoms with Crippen LogP contribution < -0.4 is 5.32 Å². The number of rotatable bonds is 2. The quantitative estimate of drug-likeness (QED) is 0.867. The van der Waals surface area contributed by atoms with Gasteiger partial charge in [0.05, 0.1) is 0 Å². The van der Waals surface area contributed by atoms with Gasteiger partial charge in [-0.25, -0.2) is 12.8 Å². The third-order valence-electron chi connectivity index (χ3n) is 2.11. The Hall–Kier alpha value is -1.41. The van der Waals surface area contributed by atoms with Gasteiger partial charge in [-0.05, 0) is 12.1 Å². The summed E-state index contributed by atoms with van der Waals surface area (Å²) < 4.78 is 37.2. The molecule has 0 bridgehead atoms. The van der Waals surface area contributed by atoms with Gasteiger partial charge in [0.25, 0.3) is 5.24 Å². The molecule has 1 fully saturated rings. The SMILES string of the molecule is O=C1NC(S(=O)(=O)c2ccccc2F)C(=O)S1. The van der Waals surface area contributed by atoms with Crippen molar-refractivity contribution in [1.29, 1.82) is 0 Å². The molecule has 1 heterocycles. The number of halogens is 1. The fourth-order valence-corrected chi connectivity index (χ4v) is 3.85. The number of amides is 1. The van der Waals surface area contributed by atoms with Crippen molar-refractivity contribution in [3.05, 3.63) is 30.1 Å². The molecule has 5 nitrogen and oxygen atoms in total. The maximum atomic E-state index is 13.4. The number of nitrogens with one attached hydrogen (secondary N) is 1. The van der Waals surface area contributed by atoms with E-state index in [4.69, 9.17) is 0 Å². The van der Waals surface area contributed by atoms with Gasteiger partial charge >= 0.3 is 0 Å². The van der Waals surface area contributed by atoms with Crippen LogP contribution in [0.5, 0.6) is 0 Å². The molecule has 0 spiro atoms. The van der Waals surface area contributed by atoms with Crippen molar-refractivity contribution in [2.24, 2.45) is 0 Å². The summed E-state index contributed by atoms with van der Waals surface area (Å²) >= 11 is 0.265. The van der Waals surface area contributed by atoms with E-state index in [0.29, 0.717) is 0 Å². The van der Waals surface area contributed by atoms with Gasteiger partial charge in [-0.1, -0.05) is 12.1 Å². The lowest BCUT2D eigenvalue weighted by Crippen LogP contribution is -2.37. The smallest absolute Gasteiger partial charge is 0.288 e. The zero-order chi connectivity index (χ0) is 12.6. The Balaban J connectivity index is 2.48. The van der Waals surface area contributed by atoms with E-state index in [2.05, 4.69) is 0 Å². The monoisotopic (exact) mass is 275 g/mol. The van der Waals surface area contributed by atoms with Gasteiger partial charge in [-0.15, -0.1) is 0 Å². The molecule has 8 heteroatoms. The van der Waals surface area contributed by atoms with Crippen molar-refractivity contribution in [3.63, 3.8) is 0 Å². The minimum absolute atomic E-state index is 0.265. The molecule has 1 unspecified atom stereocenters. The summed E-state index contributed by atoms with van der Waals surface area (Å²) in [6, 6.07) is 4.69. The summed E-state index contributed by atoms with van der Waals surface area (Å²) in [4.78, 5) is 21.6. The van der Waals surface area contributed by atoms with Crippen LogP contribution in [0, 0.1) is 5.82 Å². The van der Waals surface area contributed by atoms with Crippen LogP contribution in [-0.4, -0.2) is 24.1 Å². The second-order valence-electron chi connectivity index (χ2n) is 3.21. The highest BCUT2D eigenvalue weighted by Crippen LogP contribution is 2.26. The first-order valence-corrected chi connectivity index (χ1v) is 6.80. The Labute approximate surface area is 100 Å². The molecule has 0 saturated carbocycles. The van der Waals surface area contributed by atoms with Crippen LogP contribution >= 0.6 is 11.8 Å². The van der Waals surface area contributed by atoms with E-state index >= 15 is 0 Å². The maximum Gasteiger partial charge on any atom is 0.288 e. The normalized spacial score (nSPS) is 20.4. The van der Waals surface area contributed by atoms with Crippen LogP contribution in [0.25, 0.3) is 0 Å². The number of carbonyl (C=O) groups excluding carboxylic acids is 2. The van der Waals surface area contributed by atoms with Crippen molar-refractivity contribution in [2.75, 3.05) is 0 Å². The van der Waals surface area contributed by atoms with Crippen LogP contribution in [0.4, 0.5) is 9.18 Å². The van der Waals surface area contributed by atoms with Crippen LogP contribution in [0.3, 0.4) is 0 Å². The van der Waals surface area contributed by atoms with Crippen molar-refractivity contribution >= 4 is 32.0 Å². The third-order valence-corrected chi connectivity index (χ3v) is 4.90. The highest BCUT2D eigenvalue weighted by Gasteiger charge is 2.43. The van der Waals surface area contributed by atoms with E-state index in [0.717, 1.165) is 12.1 Å². The third kappa shape index (κ3) is 2.05. The Morgan fingerprint density at radius 1 is 1.24 bits per heavy atom. The van der Waals surface area contributed by atoms with Gasteiger partial charge in [0.1, 0.15) is 10.7 Å². The molecule has 1 atom stereocenters. The first-order valence-electron chi connectivity index (χ1n) is 4.43. The van der Waals surface area contributed by atoms with E-state index in [1.54, 1.807) is 0 Å². The molecule has 1 aliphatic rings. The number of hydrogen-bond donors (Lipinski definition) is 1. The minimum Gasteiger partial charge on any atom is -0.323 e. The number of sulfone groups is 1. The summed E-state index contributed by atoms with van der Waals surface area (Å²) in [6.07, 6.45) is 0. The molecular weight excluding hydrogens is 269 g/mol. The highest BCUT2D eigenvalue weighted by atomic mass is 32.2. The zero-order valence-electron chi connectivity index (χ0n) is 8.21. The minimum atomic E-state index is -4.23. The van der Waals surface area contributed by atoms with Crippen molar-refractivity contribution < 1.29 is 22.4 Å². The first-order chi connectivity index (χ1) is 7.93. The lowest BCUT2D eigenvalue weighted by Gasteiger charge is -2.10. The van der Waals surface area contributed by atoms with Gasteiger partial charge in [0, 0.05) is 11.8 Å². The number of carbonyl (C=O) groups is 2. The molecule has 1 aliphatic heterocycles. The molecular formula is C9H6FNO4S2. The molecule has 0 aromatic heterocycles. The molecule has 1 aromatic rings. The highest BCUT2D eigenvalue weighted by molar-refractivity contribution is 8.27. The number of hydrogen-bond acceptors (Lipinski definition) is 5. The van der Waals surface area contributed by atoms with Crippen LogP contribution in [0.15, 0.2) is 29.2 Å². The van der Waals surface area contributed by atoms with E-state index in [-0.39, 0.29) is 11.8 Å². The molecule has 0 radical (unpaired) electrons. The topological polar surface area (TPSA) is 80.3 Å².